The zero-order valence-electron chi connectivity index (χ0n) is 16.2. The summed E-state index contributed by atoms with van der Waals surface area (Å²) in [5, 5.41) is 2.92. The summed E-state index contributed by atoms with van der Waals surface area (Å²) >= 11 is 0. The number of carbonyl (C=O) groups is 1. The van der Waals surface area contributed by atoms with Crippen LogP contribution in [0.4, 0.5) is 0 Å². The molecule has 1 N–H and O–H groups in total. The summed E-state index contributed by atoms with van der Waals surface area (Å²) in [6, 6.07) is 18.0. The Bertz CT molecular complexity index is 700. The Kier molecular flexibility index (Phi) is 7.43. The van der Waals surface area contributed by atoms with Gasteiger partial charge >= 0.3 is 0 Å². The zero-order valence-corrected chi connectivity index (χ0v) is 16.2. The van der Waals surface area contributed by atoms with Crippen LogP contribution >= 0.6 is 0 Å². The third-order valence-corrected chi connectivity index (χ3v) is 5.01. The maximum absolute atomic E-state index is 12.2. The van der Waals surface area contributed by atoms with E-state index in [1.165, 1.54) is 31.5 Å². The monoisotopic (exact) mass is 366 g/mol. The first-order chi connectivity index (χ1) is 13.2. The first kappa shape index (κ1) is 19.6. The molecular formula is C23H30N2O2. The number of nitrogens with zero attached hydrogens (tertiary/aromatic N) is 1. The van der Waals surface area contributed by atoms with E-state index < -0.39 is 0 Å². The molecule has 144 valence electrons. The first-order valence-corrected chi connectivity index (χ1v) is 9.92. The smallest absolute Gasteiger partial charge is 0.251 e. The van der Waals surface area contributed by atoms with Gasteiger partial charge in [0.25, 0.3) is 5.91 Å². The second-order valence-corrected chi connectivity index (χ2v) is 7.47. The minimum absolute atomic E-state index is 0.0449. The number of piperidine rings is 1. The summed E-state index contributed by atoms with van der Waals surface area (Å²) in [6.07, 6.45) is 2.62. The number of hydrogen-bond acceptors (Lipinski definition) is 3. The van der Waals surface area contributed by atoms with Gasteiger partial charge in [0.05, 0.1) is 13.2 Å². The second-order valence-electron chi connectivity index (χ2n) is 7.47. The molecule has 4 heteroatoms. The van der Waals surface area contributed by atoms with Crippen LogP contribution < -0.4 is 5.32 Å². The van der Waals surface area contributed by atoms with Crippen molar-refractivity contribution in [2.45, 2.75) is 32.9 Å². The van der Waals surface area contributed by atoms with E-state index in [-0.39, 0.29) is 5.91 Å². The molecule has 0 radical (unpaired) electrons. The van der Waals surface area contributed by atoms with Crippen LogP contribution in [0.15, 0.2) is 54.6 Å². The molecule has 1 aliphatic heterocycles. The van der Waals surface area contributed by atoms with E-state index in [1.54, 1.807) is 0 Å². The van der Waals surface area contributed by atoms with E-state index in [0.717, 1.165) is 18.0 Å². The molecule has 4 nitrogen and oxygen atoms in total. The minimum atomic E-state index is -0.0449. The normalized spacial score (nSPS) is 17.6. The molecule has 0 unspecified atom stereocenters. The Morgan fingerprint density at radius 3 is 2.63 bits per heavy atom. The van der Waals surface area contributed by atoms with Crippen LogP contribution in [0.2, 0.25) is 0 Å². The van der Waals surface area contributed by atoms with Gasteiger partial charge in [0.1, 0.15) is 0 Å². The summed E-state index contributed by atoms with van der Waals surface area (Å²) in [5.74, 6) is 0.740. The molecule has 0 bridgehead atoms. The molecule has 1 aliphatic rings. The molecular weight excluding hydrogens is 336 g/mol. The van der Waals surface area contributed by atoms with Gasteiger partial charge < -0.3 is 10.1 Å². The fourth-order valence-corrected chi connectivity index (χ4v) is 3.55. The molecule has 1 amide bonds. The molecule has 1 fully saturated rings. The van der Waals surface area contributed by atoms with Crippen molar-refractivity contribution in [1.82, 2.24) is 10.2 Å². The lowest BCUT2D eigenvalue weighted by atomic mass is 9.99. The standard InChI is InChI=1S/C23H30N2O2/c1-19-6-5-14-25(16-19)17-20-9-11-22(12-10-20)23(26)24-13-15-27-18-21-7-3-2-4-8-21/h2-4,7-12,19H,5-6,13-18H2,1H3,(H,24,26)/t19-/m1/s1. The molecule has 0 saturated carbocycles. The summed E-state index contributed by atoms with van der Waals surface area (Å²) in [5.41, 5.74) is 3.11. The van der Waals surface area contributed by atoms with E-state index in [4.69, 9.17) is 4.74 Å². The summed E-state index contributed by atoms with van der Waals surface area (Å²) < 4.78 is 5.60. The highest BCUT2D eigenvalue weighted by atomic mass is 16.5. The summed E-state index contributed by atoms with van der Waals surface area (Å²) in [7, 11) is 0. The predicted octanol–water partition coefficient (Wildman–Crippen LogP) is 3.87. The lowest BCUT2D eigenvalue weighted by molar-refractivity contribution is 0.0901. The van der Waals surface area contributed by atoms with E-state index in [0.29, 0.717) is 25.3 Å². The molecule has 0 aliphatic carbocycles. The second kappa shape index (κ2) is 10.2. The van der Waals surface area contributed by atoms with Gasteiger partial charge in [0.2, 0.25) is 0 Å². The Hall–Kier alpha value is -2.17. The summed E-state index contributed by atoms with van der Waals surface area (Å²) in [4.78, 5) is 14.8. The Morgan fingerprint density at radius 2 is 1.89 bits per heavy atom. The van der Waals surface area contributed by atoms with Crippen LogP contribution in [0, 0.1) is 5.92 Å². The zero-order chi connectivity index (χ0) is 18.9. The van der Waals surface area contributed by atoms with E-state index in [2.05, 4.69) is 29.3 Å². The highest BCUT2D eigenvalue weighted by Gasteiger charge is 2.16. The van der Waals surface area contributed by atoms with Crippen LogP contribution in [0.3, 0.4) is 0 Å². The molecule has 2 aromatic carbocycles. The van der Waals surface area contributed by atoms with Gasteiger partial charge in [-0.1, -0.05) is 49.4 Å². The topological polar surface area (TPSA) is 41.6 Å². The van der Waals surface area contributed by atoms with Crippen molar-refractivity contribution >= 4 is 5.91 Å². The number of benzene rings is 2. The molecule has 1 atom stereocenters. The van der Waals surface area contributed by atoms with E-state index >= 15 is 0 Å². The highest BCUT2D eigenvalue weighted by Crippen LogP contribution is 2.18. The Morgan fingerprint density at radius 1 is 1.11 bits per heavy atom. The van der Waals surface area contributed by atoms with Gasteiger partial charge in [-0.2, -0.15) is 0 Å². The SMILES string of the molecule is C[C@@H]1CCCN(Cc2ccc(C(=O)NCCOCc3ccccc3)cc2)C1. The molecule has 3 rings (SSSR count). The fraction of sp³-hybridized carbons (Fsp3) is 0.435. The molecule has 1 heterocycles. The van der Waals surface area contributed by atoms with Gasteiger partial charge in [-0.25, -0.2) is 0 Å². The van der Waals surface area contributed by atoms with Crippen molar-refractivity contribution in [3.05, 3.63) is 71.3 Å². The highest BCUT2D eigenvalue weighted by molar-refractivity contribution is 5.94. The Balaban J connectivity index is 1.37. The lowest BCUT2D eigenvalue weighted by Gasteiger charge is -2.30. The minimum Gasteiger partial charge on any atom is -0.375 e. The molecule has 2 aromatic rings. The van der Waals surface area contributed by atoms with Crippen LogP contribution in [0.25, 0.3) is 0 Å². The largest absolute Gasteiger partial charge is 0.375 e. The maximum atomic E-state index is 12.2. The molecule has 1 saturated heterocycles. The van der Waals surface area contributed by atoms with Crippen LogP contribution in [0.1, 0.15) is 41.3 Å². The number of carbonyl (C=O) groups excluding carboxylic acids is 1. The van der Waals surface area contributed by atoms with Crippen molar-refractivity contribution in [2.24, 2.45) is 5.92 Å². The maximum Gasteiger partial charge on any atom is 0.251 e. The van der Waals surface area contributed by atoms with Gasteiger partial charge in [-0.15, -0.1) is 0 Å². The number of nitrogens with one attached hydrogen (secondary N) is 1. The van der Waals surface area contributed by atoms with Gasteiger partial charge in [-0.05, 0) is 48.6 Å². The van der Waals surface area contributed by atoms with Crippen molar-refractivity contribution in [1.29, 1.82) is 0 Å². The van der Waals surface area contributed by atoms with E-state index in [1.807, 2.05) is 42.5 Å². The Labute approximate surface area is 162 Å². The van der Waals surface area contributed by atoms with Crippen molar-refractivity contribution in [2.75, 3.05) is 26.2 Å². The summed E-state index contributed by atoms with van der Waals surface area (Å²) in [6.45, 7) is 7.23. The fourth-order valence-electron chi connectivity index (χ4n) is 3.55. The third kappa shape index (κ3) is 6.49. The average Bonchev–Trinajstić information content (AvgIpc) is 2.69. The van der Waals surface area contributed by atoms with Crippen LogP contribution in [0.5, 0.6) is 0 Å². The number of likely N-dealkylation sites (tertiary alicyclic amines) is 1. The molecule has 27 heavy (non-hydrogen) atoms. The van der Waals surface area contributed by atoms with Crippen molar-refractivity contribution in [3.8, 4) is 0 Å². The van der Waals surface area contributed by atoms with Gasteiger partial charge in [0, 0.05) is 25.2 Å². The number of ether oxygens (including phenoxy) is 1. The van der Waals surface area contributed by atoms with Gasteiger partial charge in [0.15, 0.2) is 0 Å². The van der Waals surface area contributed by atoms with Crippen LogP contribution in [-0.4, -0.2) is 37.0 Å². The quantitative estimate of drug-likeness (QED) is 0.721. The first-order valence-electron chi connectivity index (χ1n) is 9.92. The van der Waals surface area contributed by atoms with Crippen LogP contribution in [-0.2, 0) is 17.9 Å². The van der Waals surface area contributed by atoms with E-state index in [9.17, 15) is 4.79 Å². The average molecular weight is 367 g/mol. The lowest BCUT2D eigenvalue weighted by Crippen LogP contribution is -2.33. The number of amides is 1. The molecule has 0 spiro atoms. The number of rotatable bonds is 8. The van der Waals surface area contributed by atoms with Gasteiger partial charge in [-0.3, -0.25) is 9.69 Å². The predicted molar refractivity (Wildman–Crippen MR) is 109 cm³/mol. The van der Waals surface area contributed by atoms with Crippen molar-refractivity contribution < 1.29 is 9.53 Å². The number of hydrogen-bond donors (Lipinski definition) is 1. The third-order valence-electron chi connectivity index (χ3n) is 5.01. The molecule has 0 aromatic heterocycles. The van der Waals surface area contributed by atoms with Crippen molar-refractivity contribution in [3.63, 3.8) is 0 Å².